The molecule has 0 unspecified atom stereocenters. The van der Waals surface area contributed by atoms with Crippen LogP contribution in [0.15, 0.2) is 6.07 Å². The molecular weight excluding hydrogens is 442 g/mol. The SMILES string of the molecule is CCc1nc2c(cc1C(F)F)N(c1nn(C3CCNCC3)c3c1CN(C(=O)OC)CC3)CCC2. The van der Waals surface area contributed by atoms with Gasteiger partial charge >= 0.3 is 6.09 Å². The van der Waals surface area contributed by atoms with Gasteiger partial charge in [0, 0.05) is 42.0 Å². The van der Waals surface area contributed by atoms with E-state index in [0.29, 0.717) is 43.9 Å². The summed E-state index contributed by atoms with van der Waals surface area (Å²) in [4.78, 5) is 20.7. The van der Waals surface area contributed by atoms with Crippen molar-refractivity contribution < 1.29 is 18.3 Å². The number of hydrogen-bond donors (Lipinski definition) is 1. The van der Waals surface area contributed by atoms with Crippen LogP contribution in [0, 0.1) is 0 Å². The third-order valence-corrected chi connectivity index (χ3v) is 7.25. The van der Waals surface area contributed by atoms with Crippen LogP contribution in [0.1, 0.15) is 66.9 Å². The second-order valence-corrected chi connectivity index (χ2v) is 9.22. The number of halogens is 2. The van der Waals surface area contributed by atoms with Crippen molar-refractivity contribution in [3.8, 4) is 0 Å². The molecule has 184 valence electrons. The third kappa shape index (κ3) is 4.01. The Bertz CT molecular complexity index is 1070. The summed E-state index contributed by atoms with van der Waals surface area (Å²) in [6.07, 6.45) is 1.83. The van der Waals surface area contributed by atoms with E-state index in [9.17, 15) is 13.6 Å². The van der Waals surface area contributed by atoms with Gasteiger partial charge in [0.25, 0.3) is 6.43 Å². The number of fused-ring (bicyclic) bond motifs is 2. The first-order chi connectivity index (χ1) is 16.5. The van der Waals surface area contributed by atoms with Crippen molar-refractivity contribution in [3.63, 3.8) is 0 Å². The van der Waals surface area contributed by atoms with Crippen LogP contribution in [-0.2, 0) is 30.5 Å². The molecule has 0 aromatic carbocycles. The van der Waals surface area contributed by atoms with E-state index in [1.54, 1.807) is 11.0 Å². The van der Waals surface area contributed by atoms with Crippen LogP contribution in [0.2, 0.25) is 0 Å². The molecule has 0 aliphatic carbocycles. The molecule has 1 N–H and O–H groups in total. The number of ether oxygens (including phenoxy) is 1. The molecule has 0 atom stereocenters. The lowest BCUT2D eigenvalue weighted by Gasteiger charge is -2.32. The molecule has 5 rings (SSSR count). The fraction of sp³-hybridized carbons (Fsp3) is 0.625. The molecule has 0 saturated carbocycles. The summed E-state index contributed by atoms with van der Waals surface area (Å²) in [5.41, 5.74) is 4.15. The van der Waals surface area contributed by atoms with Crippen molar-refractivity contribution in [1.82, 2.24) is 25.0 Å². The minimum atomic E-state index is -2.58. The highest BCUT2D eigenvalue weighted by molar-refractivity contribution is 5.71. The summed E-state index contributed by atoms with van der Waals surface area (Å²) in [6.45, 7) is 5.39. The Morgan fingerprint density at radius 1 is 1.26 bits per heavy atom. The van der Waals surface area contributed by atoms with Gasteiger partial charge in [-0.3, -0.25) is 9.67 Å². The zero-order chi connectivity index (χ0) is 23.8. The zero-order valence-corrected chi connectivity index (χ0v) is 19.8. The summed E-state index contributed by atoms with van der Waals surface area (Å²) in [7, 11) is 1.39. The van der Waals surface area contributed by atoms with Gasteiger partial charge in [-0.2, -0.15) is 5.10 Å². The van der Waals surface area contributed by atoms with E-state index >= 15 is 0 Å². The van der Waals surface area contributed by atoms with Crippen LogP contribution >= 0.6 is 0 Å². The molecule has 3 aliphatic rings. The van der Waals surface area contributed by atoms with Crippen molar-refractivity contribution in [2.75, 3.05) is 38.2 Å². The first-order valence-corrected chi connectivity index (χ1v) is 12.2. The van der Waals surface area contributed by atoms with Crippen molar-refractivity contribution in [1.29, 1.82) is 0 Å². The fourth-order valence-corrected chi connectivity index (χ4v) is 5.52. The quantitative estimate of drug-likeness (QED) is 0.724. The predicted octanol–water partition coefficient (Wildman–Crippen LogP) is 3.91. The maximum Gasteiger partial charge on any atom is 0.409 e. The molecule has 0 spiro atoms. The molecule has 2 aromatic rings. The van der Waals surface area contributed by atoms with Crippen molar-refractivity contribution >= 4 is 17.6 Å². The van der Waals surface area contributed by atoms with Gasteiger partial charge in [0.05, 0.1) is 31.1 Å². The number of anilines is 2. The number of amides is 1. The highest BCUT2D eigenvalue weighted by atomic mass is 19.3. The number of aryl methyl sites for hydroxylation is 2. The molecule has 0 bridgehead atoms. The van der Waals surface area contributed by atoms with Crippen LogP contribution in [0.4, 0.5) is 25.1 Å². The number of methoxy groups -OCH3 is 1. The normalized spacial score (nSPS) is 18.7. The van der Waals surface area contributed by atoms with Gasteiger partial charge in [0.1, 0.15) is 0 Å². The first-order valence-electron chi connectivity index (χ1n) is 12.2. The van der Waals surface area contributed by atoms with Crippen LogP contribution in [-0.4, -0.2) is 59.0 Å². The van der Waals surface area contributed by atoms with Crippen molar-refractivity contribution in [2.45, 2.75) is 64.5 Å². The lowest BCUT2D eigenvalue weighted by Crippen LogP contribution is -2.37. The Balaban J connectivity index is 1.61. The smallest absolute Gasteiger partial charge is 0.409 e. The van der Waals surface area contributed by atoms with Crippen LogP contribution in [0.5, 0.6) is 0 Å². The van der Waals surface area contributed by atoms with E-state index in [1.807, 2.05) is 11.8 Å². The molecule has 1 saturated heterocycles. The van der Waals surface area contributed by atoms with E-state index in [4.69, 9.17) is 9.84 Å². The highest BCUT2D eigenvalue weighted by Crippen LogP contribution is 2.40. The first kappa shape index (κ1) is 23.0. The van der Waals surface area contributed by atoms with E-state index in [2.05, 4.69) is 15.0 Å². The van der Waals surface area contributed by atoms with E-state index in [0.717, 1.165) is 61.5 Å². The Morgan fingerprint density at radius 3 is 2.76 bits per heavy atom. The number of carbonyl (C=O) groups excluding carboxylic acids is 1. The number of rotatable bonds is 4. The molecule has 8 nitrogen and oxygen atoms in total. The Kier molecular flexibility index (Phi) is 6.42. The molecule has 1 amide bonds. The van der Waals surface area contributed by atoms with Gasteiger partial charge in [-0.05, 0) is 51.3 Å². The van der Waals surface area contributed by atoms with Gasteiger partial charge < -0.3 is 19.9 Å². The molecule has 34 heavy (non-hydrogen) atoms. The third-order valence-electron chi connectivity index (χ3n) is 7.25. The molecule has 1 fully saturated rings. The summed E-state index contributed by atoms with van der Waals surface area (Å²) in [5, 5.41) is 8.50. The van der Waals surface area contributed by atoms with Crippen molar-refractivity contribution in [2.24, 2.45) is 0 Å². The van der Waals surface area contributed by atoms with E-state index in [-0.39, 0.29) is 17.7 Å². The Labute approximate surface area is 198 Å². The molecule has 0 radical (unpaired) electrons. The monoisotopic (exact) mass is 474 g/mol. The number of aromatic nitrogens is 3. The molecular formula is C24H32F2N6O2. The number of alkyl halides is 2. The molecule has 3 aliphatic heterocycles. The van der Waals surface area contributed by atoms with E-state index in [1.165, 1.54) is 7.11 Å². The molecule has 5 heterocycles. The van der Waals surface area contributed by atoms with E-state index < -0.39 is 6.43 Å². The maximum atomic E-state index is 13.9. The number of piperidine rings is 1. The Hall–Kier alpha value is -2.75. The zero-order valence-electron chi connectivity index (χ0n) is 19.8. The number of nitrogens with zero attached hydrogens (tertiary/aromatic N) is 5. The lowest BCUT2D eigenvalue weighted by atomic mass is 10.0. The predicted molar refractivity (Wildman–Crippen MR) is 124 cm³/mol. The van der Waals surface area contributed by atoms with Crippen LogP contribution in [0.3, 0.4) is 0 Å². The largest absolute Gasteiger partial charge is 0.453 e. The number of pyridine rings is 1. The summed E-state index contributed by atoms with van der Waals surface area (Å²) < 4.78 is 34.9. The second-order valence-electron chi connectivity index (χ2n) is 9.22. The van der Waals surface area contributed by atoms with Crippen molar-refractivity contribution in [3.05, 3.63) is 34.3 Å². The van der Waals surface area contributed by atoms with Gasteiger partial charge in [-0.1, -0.05) is 6.92 Å². The maximum absolute atomic E-state index is 13.9. The minimum Gasteiger partial charge on any atom is -0.453 e. The highest BCUT2D eigenvalue weighted by Gasteiger charge is 2.34. The van der Waals surface area contributed by atoms with Gasteiger partial charge in [0.2, 0.25) is 0 Å². The molecule has 10 heteroatoms. The van der Waals surface area contributed by atoms with Crippen LogP contribution in [0.25, 0.3) is 0 Å². The second kappa shape index (κ2) is 9.48. The number of nitrogens with one attached hydrogen (secondary N) is 1. The topological polar surface area (TPSA) is 75.5 Å². The average molecular weight is 475 g/mol. The van der Waals surface area contributed by atoms with Gasteiger partial charge in [0.15, 0.2) is 5.82 Å². The average Bonchev–Trinajstić information content (AvgIpc) is 3.26. The number of carbonyl (C=O) groups is 1. The lowest BCUT2D eigenvalue weighted by molar-refractivity contribution is 0.118. The Morgan fingerprint density at radius 2 is 2.06 bits per heavy atom. The van der Waals surface area contributed by atoms with Gasteiger partial charge in [-0.25, -0.2) is 13.6 Å². The fourth-order valence-electron chi connectivity index (χ4n) is 5.52. The van der Waals surface area contributed by atoms with Gasteiger partial charge in [-0.15, -0.1) is 0 Å². The minimum absolute atomic E-state index is 0.00371. The number of hydrogen-bond acceptors (Lipinski definition) is 6. The summed E-state index contributed by atoms with van der Waals surface area (Å²) in [5.74, 6) is 0.759. The molecule has 2 aromatic heterocycles. The summed E-state index contributed by atoms with van der Waals surface area (Å²) in [6, 6.07) is 1.90. The van der Waals surface area contributed by atoms with Crippen LogP contribution < -0.4 is 10.2 Å². The summed E-state index contributed by atoms with van der Waals surface area (Å²) >= 11 is 0. The standard InChI is InChI=1S/C24H32F2N6O2/c1-3-18-16(22(25)26)13-21-19(28-18)5-4-11-31(21)23-17-14-30(24(33)34-2)12-8-20(17)32(29-23)15-6-9-27-10-7-15/h13,15,22,27H,3-12,14H2,1-2H3.